The largest absolute Gasteiger partial charge is 0.481 e. The zero-order chi connectivity index (χ0) is 15.4. The molecule has 0 saturated heterocycles. The van der Waals surface area contributed by atoms with Gasteiger partial charge in [0.1, 0.15) is 11.6 Å². The second kappa shape index (κ2) is 6.95. The summed E-state index contributed by atoms with van der Waals surface area (Å²) in [4.78, 5) is 26.5. The molecule has 1 saturated carbocycles. The fourth-order valence-electron chi connectivity index (χ4n) is 2.07. The molecule has 21 heavy (non-hydrogen) atoms. The van der Waals surface area contributed by atoms with E-state index in [0.717, 1.165) is 0 Å². The summed E-state index contributed by atoms with van der Waals surface area (Å²) in [5.74, 6) is -1.96. The maximum Gasteiger partial charge on any atom is 0.307 e. The second-order valence-corrected chi connectivity index (χ2v) is 5.55. The van der Waals surface area contributed by atoms with Gasteiger partial charge in [-0.15, -0.1) is 0 Å². The third kappa shape index (κ3) is 3.98. The molecule has 114 valence electrons. The normalized spacial score (nSPS) is 20.5. The van der Waals surface area contributed by atoms with Crippen LogP contribution in [0, 0.1) is 11.8 Å². The summed E-state index contributed by atoms with van der Waals surface area (Å²) >= 11 is 11.6. The summed E-state index contributed by atoms with van der Waals surface area (Å²) in [5.41, 5.74) is 0. The number of pyridine rings is 1. The van der Waals surface area contributed by atoms with E-state index in [9.17, 15) is 9.59 Å². The van der Waals surface area contributed by atoms with Gasteiger partial charge in [0.2, 0.25) is 11.8 Å². The van der Waals surface area contributed by atoms with Crippen LogP contribution in [-0.4, -0.2) is 35.1 Å². The SMILES string of the molecule is O=C(O)C1CCC1C(=O)NCCOc1ncc(Cl)cc1Cl. The number of carboxylic acid groups (broad SMARTS) is 1. The Morgan fingerprint density at radius 1 is 1.38 bits per heavy atom. The molecule has 0 spiro atoms. The van der Waals surface area contributed by atoms with E-state index >= 15 is 0 Å². The van der Waals surface area contributed by atoms with E-state index in [1.807, 2.05) is 0 Å². The average molecular weight is 333 g/mol. The summed E-state index contributed by atoms with van der Waals surface area (Å²) in [6.07, 6.45) is 2.57. The number of nitrogens with zero attached hydrogens (tertiary/aromatic N) is 1. The Hall–Kier alpha value is -1.53. The Bertz CT molecular complexity index is 553. The van der Waals surface area contributed by atoms with Gasteiger partial charge in [-0.05, 0) is 18.9 Å². The van der Waals surface area contributed by atoms with Gasteiger partial charge < -0.3 is 15.2 Å². The fraction of sp³-hybridized carbons (Fsp3) is 0.462. The Labute approximate surface area is 131 Å². The summed E-state index contributed by atoms with van der Waals surface area (Å²) < 4.78 is 5.32. The summed E-state index contributed by atoms with van der Waals surface area (Å²) in [6.45, 7) is 0.437. The fourth-order valence-corrected chi connectivity index (χ4v) is 2.51. The molecule has 0 bridgehead atoms. The Kier molecular flexibility index (Phi) is 5.25. The molecule has 1 fully saturated rings. The van der Waals surface area contributed by atoms with E-state index in [1.54, 1.807) is 0 Å². The van der Waals surface area contributed by atoms with Crippen molar-refractivity contribution in [2.45, 2.75) is 12.8 Å². The first-order valence-electron chi connectivity index (χ1n) is 6.43. The molecule has 1 aliphatic carbocycles. The van der Waals surface area contributed by atoms with Crippen LogP contribution in [0.4, 0.5) is 0 Å². The van der Waals surface area contributed by atoms with Crippen LogP contribution >= 0.6 is 23.2 Å². The summed E-state index contributed by atoms with van der Waals surface area (Å²) in [7, 11) is 0. The van der Waals surface area contributed by atoms with Gasteiger partial charge in [-0.3, -0.25) is 9.59 Å². The van der Waals surface area contributed by atoms with Crippen molar-refractivity contribution in [1.82, 2.24) is 10.3 Å². The van der Waals surface area contributed by atoms with Crippen LogP contribution in [0.3, 0.4) is 0 Å². The molecule has 0 aromatic carbocycles. The van der Waals surface area contributed by atoms with Crippen LogP contribution in [0.2, 0.25) is 10.0 Å². The smallest absolute Gasteiger partial charge is 0.307 e. The molecule has 1 aliphatic rings. The molecule has 8 heteroatoms. The molecule has 1 amide bonds. The maximum absolute atomic E-state index is 11.8. The van der Waals surface area contributed by atoms with E-state index in [1.165, 1.54) is 12.3 Å². The lowest BCUT2D eigenvalue weighted by molar-refractivity contribution is -0.152. The topological polar surface area (TPSA) is 88.5 Å². The lowest BCUT2D eigenvalue weighted by Crippen LogP contribution is -2.44. The van der Waals surface area contributed by atoms with Crippen molar-refractivity contribution in [3.63, 3.8) is 0 Å². The van der Waals surface area contributed by atoms with Gasteiger partial charge in [-0.25, -0.2) is 4.98 Å². The van der Waals surface area contributed by atoms with Crippen molar-refractivity contribution < 1.29 is 19.4 Å². The van der Waals surface area contributed by atoms with Gasteiger partial charge in [-0.2, -0.15) is 0 Å². The molecule has 1 aromatic rings. The first-order chi connectivity index (χ1) is 9.99. The predicted octanol–water partition coefficient (Wildman–Crippen LogP) is 1.99. The minimum Gasteiger partial charge on any atom is -0.481 e. The van der Waals surface area contributed by atoms with E-state index in [2.05, 4.69) is 10.3 Å². The molecule has 2 unspecified atom stereocenters. The number of hydrogen-bond donors (Lipinski definition) is 2. The van der Waals surface area contributed by atoms with E-state index in [4.69, 9.17) is 33.0 Å². The third-order valence-electron chi connectivity index (χ3n) is 3.34. The van der Waals surface area contributed by atoms with Gasteiger partial charge in [-0.1, -0.05) is 23.2 Å². The van der Waals surface area contributed by atoms with Crippen molar-refractivity contribution in [2.24, 2.45) is 11.8 Å². The maximum atomic E-state index is 11.8. The number of hydrogen-bond acceptors (Lipinski definition) is 4. The molecule has 2 rings (SSSR count). The molecule has 6 nitrogen and oxygen atoms in total. The minimum absolute atomic E-state index is 0.185. The number of halogens is 2. The monoisotopic (exact) mass is 332 g/mol. The van der Waals surface area contributed by atoms with Crippen LogP contribution in [0.5, 0.6) is 5.88 Å². The highest BCUT2D eigenvalue weighted by Gasteiger charge is 2.41. The number of aromatic nitrogens is 1. The van der Waals surface area contributed by atoms with Gasteiger partial charge >= 0.3 is 5.97 Å². The van der Waals surface area contributed by atoms with Crippen molar-refractivity contribution in [3.05, 3.63) is 22.3 Å². The van der Waals surface area contributed by atoms with E-state index < -0.39 is 17.8 Å². The van der Waals surface area contributed by atoms with Gasteiger partial charge in [0.05, 0.1) is 23.4 Å². The van der Waals surface area contributed by atoms with Crippen molar-refractivity contribution >= 4 is 35.1 Å². The minimum atomic E-state index is -0.921. The highest BCUT2D eigenvalue weighted by atomic mass is 35.5. The molecule has 2 atom stereocenters. The highest BCUT2D eigenvalue weighted by Crippen LogP contribution is 2.34. The number of amides is 1. The lowest BCUT2D eigenvalue weighted by atomic mass is 9.73. The second-order valence-electron chi connectivity index (χ2n) is 4.71. The van der Waals surface area contributed by atoms with Crippen molar-refractivity contribution in [2.75, 3.05) is 13.2 Å². The number of aliphatic carboxylic acids is 1. The third-order valence-corrected chi connectivity index (χ3v) is 3.82. The van der Waals surface area contributed by atoms with Crippen LogP contribution in [-0.2, 0) is 9.59 Å². The lowest BCUT2D eigenvalue weighted by Gasteiger charge is -2.31. The molecule has 1 heterocycles. The van der Waals surface area contributed by atoms with Crippen LogP contribution in [0.25, 0.3) is 0 Å². The predicted molar refractivity (Wildman–Crippen MR) is 76.6 cm³/mol. The molecular formula is C13H14Cl2N2O4. The highest BCUT2D eigenvalue weighted by molar-refractivity contribution is 6.35. The van der Waals surface area contributed by atoms with E-state index in [-0.39, 0.29) is 24.9 Å². The number of ether oxygens (including phenoxy) is 1. The van der Waals surface area contributed by atoms with Crippen LogP contribution in [0.15, 0.2) is 12.3 Å². The average Bonchev–Trinajstić information content (AvgIpc) is 2.34. The van der Waals surface area contributed by atoms with E-state index in [0.29, 0.717) is 22.9 Å². The Morgan fingerprint density at radius 3 is 2.67 bits per heavy atom. The number of carbonyl (C=O) groups excluding carboxylic acids is 1. The Morgan fingerprint density at radius 2 is 2.10 bits per heavy atom. The summed E-state index contributed by atoms with van der Waals surface area (Å²) in [5, 5.41) is 12.2. The zero-order valence-corrected chi connectivity index (χ0v) is 12.5. The molecule has 0 radical (unpaired) electrons. The number of carbonyl (C=O) groups is 2. The van der Waals surface area contributed by atoms with Crippen molar-refractivity contribution in [3.8, 4) is 5.88 Å². The summed E-state index contributed by atoms with van der Waals surface area (Å²) in [6, 6.07) is 1.51. The Balaban J connectivity index is 1.72. The number of nitrogens with one attached hydrogen (secondary N) is 1. The molecule has 1 aromatic heterocycles. The number of rotatable bonds is 6. The van der Waals surface area contributed by atoms with Gasteiger partial charge in [0.25, 0.3) is 0 Å². The van der Waals surface area contributed by atoms with Gasteiger partial charge in [0, 0.05) is 6.20 Å². The quantitative estimate of drug-likeness (QED) is 0.778. The number of carboxylic acids is 1. The zero-order valence-electron chi connectivity index (χ0n) is 11.0. The van der Waals surface area contributed by atoms with Gasteiger partial charge in [0.15, 0.2) is 0 Å². The van der Waals surface area contributed by atoms with Crippen LogP contribution < -0.4 is 10.1 Å². The molecule has 2 N–H and O–H groups in total. The standard InChI is InChI=1S/C13H14Cl2N2O4/c14-7-5-10(15)12(17-6-7)21-4-3-16-11(18)8-1-2-9(8)13(19)20/h5-6,8-9H,1-4H2,(H,16,18)(H,19,20). The first-order valence-corrected chi connectivity index (χ1v) is 7.19. The van der Waals surface area contributed by atoms with Crippen LogP contribution in [0.1, 0.15) is 12.8 Å². The first kappa shape index (κ1) is 15.9. The molecule has 0 aliphatic heterocycles. The molecular weight excluding hydrogens is 319 g/mol. The van der Waals surface area contributed by atoms with Crippen molar-refractivity contribution in [1.29, 1.82) is 0 Å².